The molecule has 0 aliphatic heterocycles. The van der Waals surface area contributed by atoms with Gasteiger partial charge in [-0.15, -0.1) is 0 Å². The lowest BCUT2D eigenvalue weighted by atomic mass is 10.1. The van der Waals surface area contributed by atoms with Gasteiger partial charge in [-0.25, -0.2) is 13.1 Å². The van der Waals surface area contributed by atoms with E-state index in [1.807, 2.05) is 36.4 Å². The number of nitrogens with zero attached hydrogens (tertiary/aromatic N) is 1. The van der Waals surface area contributed by atoms with E-state index in [0.29, 0.717) is 17.9 Å². The number of aryl methyl sites for hydroxylation is 2. The Labute approximate surface area is 182 Å². The van der Waals surface area contributed by atoms with Gasteiger partial charge < -0.3 is 10.6 Å². The maximum absolute atomic E-state index is 12.9. The third-order valence-corrected chi connectivity index (χ3v) is 6.70. The van der Waals surface area contributed by atoms with Crippen molar-refractivity contribution in [1.82, 2.24) is 9.71 Å². The standard InChI is InChI=1S/C23H24N4O3S/c1-24-31(29,30)22-13-18(12-21(14-22)26-15-20-7-2-3-10-25-20)23(28)27-19-9-8-16-5-4-6-17(16)11-19/h2-3,7-14,24,26H,4-6,15H2,1H3,(H,27,28). The largest absolute Gasteiger partial charge is 0.379 e. The van der Waals surface area contributed by atoms with Crippen LogP contribution in [-0.4, -0.2) is 26.4 Å². The summed E-state index contributed by atoms with van der Waals surface area (Å²) in [5.74, 6) is -0.369. The first-order chi connectivity index (χ1) is 14.9. The van der Waals surface area contributed by atoms with E-state index in [0.717, 1.165) is 25.0 Å². The van der Waals surface area contributed by atoms with E-state index in [1.54, 1.807) is 12.3 Å². The number of hydrogen-bond donors (Lipinski definition) is 3. The van der Waals surface area contributed by atoms with Crippen molar-refractivity contribution >= 4 is 27.3 Å². The highest BCUT2D eigenvalue weighted by molar-refractivity contribution is 7.89. The summed E-state index contributed by atoms with van der Waals surface area (Å²) in [5.41, 5.74) is 4.84. The van der Waals surface area contributed by atoms with Gasteiger partial charge in [0, 0.05) is 23.1 Å². The predicted molar refractivity (Wildman–Crippen MR) is 121 cm³/mol. The molecule has 3 aromatic rings. The zero-order valence-electron chi connectivity index (χ0n) is 17.2. The Bertz CT molecular complexity index is 1210. The molecule has 1 amide bonds. The smallest absolute Gasteiger partial charge is 0.255 e. The minimum Gasteiger partial charge on any atom is -0.379 e. The van der Waals surface area contributed by atoms with E-state index in [1.165, 1.54) is 30.3 Å². The molecule has 7 nitrogen and oxygen atoms in total. The Morgan fingerprint density at radius 2 is 1.84 bits per heavy atom. The topological polar surface area (TPSA) is 100 Å². The Hall–Kier alpha value is -3.23. The maximum atomic E-state index is 12.9. The number of sulfonamides is 1. The number of nitrogens with one attached hydrogen (secondary N) is 3. The highest BCUT2D eigenvalue weighted by Crippen LogP contribution is 2.26. The van der Waals surface area contributed by atoms with Crippen LogP contribution in [0.1, 0.15) is 33.6 Å². The first-order valence-corrected chi connectivity index (χ1v) is 11.6. The molecule has 2 aromatic carbocycles. The van der Waals surface area contributed by atoms with Gasteiger partial charge in [0.1, 0.15) is 0 Å². The number of amides is 1. The van der Waals surface area contributed by atoms with Gasteiger partial charge in [0.05, 0.1) is 17.1 Å². The van der Waals surface area contributed by atoms with Crippen molar-refractivity contribution in [3.63, 3.8) is 0 Å². The van der Waals surface area contributed by atoms with Crippen molar-refractivity contribution in [2.24, 2.45) is 0 Å². The highest BCUT2D eigenvalue weighted by atomic mass is 32.2. The van der Waals surface area contributed by atoms with E-state index in [2.05, 4.69) is 20.3 Å². The molecule has 0 spiro atoms. The van der Waals surface area contributed by atoms with Crippen LogP contribution in [0.15, 0.2) is 65.7 Å². The fraction of sp³-hybridized carbons (Fsp3) is 0.217. The monoisotopic (exact) mass is 436 g/mol. The van der Waals surface area contributed by atoms with Gasteiger partial charge in [0.15, 0.2) is 0 Å². The number of hydrogen-bond acceptors (Lipinski definition) is 5. The van der Waals surface area contributed by atoms with Crippen LogP contribution in [0.3, 0.4) is 0 Å². The Balaban J connectivity index is 1.60. The van der Waals surface area contributed by atoms with Crippen LogP contribution >= 0.6 is 0 Å². The molecule has 8 heteroatoms. The van der Waals surface area contributed by atoms with Gasteiger partial charge in [-0.05, 0) is 79.9 Å². The van der Waals surface area contributed by atoms with Crippen LogP contribution in [0, 0.1) is 0 Å². The molecule has 1 aliphatic carbocycles. The second-order valence-corrected chi connectivity index (χ2v) is 9.31. The van der Waals surface area contributed by atoms with Gasteiger partial charge in [0.25, 0.3) is 5.91 Å². The summed E-state index contributed by atoms with van der Waals surface area (Å²) >= 11 is 0. The lowest BCUT2D eigenvalue weighted by molar-refractivity contribution is 0.102. The molecule has 0 bridgehead atoms. The number of rotatable bonds is 7. The van der Waals surface area contributed by atoms with E-state index in [4.69, 9.17) is 0 Å². The second-order valence-electron chi connectivity index (χ2n) is 7.42. The number of anilines is 2. The summed E-state index contributed by atoms with van der Waals surface area (Å²) in [6.45, 7) is 0.399. The second kappa shape index (κ2) is 8.87. The summed E-state index contributed by atoms with van der Waals surface area (Å²) in [6, 6.07) is 16.0. The molecule has 0 saturated heterocycles. The third kappa shape index (κ3) is 4.92. The fourth-order valence-electron chi connectivity index (χ4n) is 3.65. The van der Waals surface area contributed by atoms with E-state index in [-0.39, 0.29) is 16.4 Å². The van der Waals surface area contributed by atoms with Crippen LogP contribution in [0.4, 0.5) is 11.4 Å². The molecule has 4 rings (SSSR count). The third-order valence-electron chi connectivity index (χ3n) is 5.30. The van der Waals surface area contributed by atoms with Crippen LogP contribution in [0.2, 0.25) is 0 Å². The molecule has 0 fully saturated rings. The number of carbonyl (C=O) groups is 1. The van der Waals surface area contributed by atoms with Crippen molar-refractivity contribution < 1.29 is 13.2 Å². The van der Waals surface area contributed by atoms with Crippen LogP contribution < -0.4 is 15.4 Å². The summed E-state index contributed by atoms with van der Waals surface area (Å²) in [4.78, 5) is 17.2. The minimum absolute atomic E-state index is 0.0140. The fourth-order valence-corrected chi connectivity index (χ4v) is 4.45. The summed E-state index contributed by atoms with van der Waals surface area (Å²) in [6.07, 6.45) is 4.89. The first kappa shape index (κ1) is 21.0. The Morgan fingerprint density at radius 3 is 2.61 bits per heavy atom. The molecule has 160 valence electrons. The molecule has 0 atom stereocenters. The van der Waals surface area contributed by atoms with Gasteiger partial charge in [-0.1, -0.05) is 12.1 Å². The van der Waals surface area contributed by atoms with Crippen molar-refractivity contribution in [1.29, 1.82) is 0 Å². The lowest BCUT2D eigenvalue weighted by Gasteiger charge is -2.13. The molecule has 1 heterocycles. The van der Waals surface area contributed by atoms with Crippen molar-refractivity contribution in [3.8, 4) is 0 Å². The highest BCUT2D eigenvalue weighted by Gasteiger charge is 2.18. The van der Waals surface area contributed by atoms with E-state index in [9.17, 15) is 13.2 Å². The molecule has 31 heavy (non-hydrogen) atoms. The predicted octanol–water partition coefficient (Wildman–Crippen LogP) is 3.34. The van der Waals surface area contributed by atoms with Crippen LogP contribution in [0.5, 0.6) is 0 Å². The van der Waals surface area contributed by atoms with Crippen molar-refractivity contribution in [2.75, 3.05) is 17.7 Å². The number of pyridine rings is 1. The summed E-state index contributed by atoms with van der Waals surface area (Å²) in [7, 11) is -2.39. The molecule has 3 N–H and O–H groups in total. The molecular formula is C23H24N4O3S. The number of fused-ring (bicyclic) bond motifs is 1. The van der Waals surface area contributed by atoms with Crippen LogP contribution in [0.25, 0.3) is 0 Å². The van der Waals surface area contributed by atoms with Crippen molar-refractivity contribution in [2.45, 2.75) is 30.7 Å². The summed E-state index contributed by atoms with van der Waals surface area (Å²) < 4.78 is 27.1. The number of benzene rings is 2. The zero-order chi connectivity index (χ0) is 21.8. The zero-order valence-corrected chi connectivity index (χ0v) is 18.0. The van der Waals surface area contributed by atoms with E-state index >= 15 is 0 Å². The minimum atomic E-state index is -3.73. The Morgan fingerprint density at radius 1 is 1.00 bits per heavy atom. The average molecular weight is 437 g/mol. The van der Waals surface area contributed by atoms with E-state index < -0.39 is 10.0 Å². The molecule has 0 radical (unpaired) electrons. The quantitative estimate of drug-likeness (QED) is 0.527. The summed E-state index contributed by atoms with van der Waals surface area (Å²) in [5, 5.41) is 6.05. The van der Waals surface area contributed by atoms with Gasteiger partial charge in [0.2, 0.25) is 10.0 Å². The normalized spacial score (nSPS) is 12.9. The maximum Gasteiger partial charge on any atom is 0.255 e. The van der Waals surface area contributed by atoms with Gasteiger partial charge in [-0.3, -0.25) is 9.78 Å². The molecular weight excluding hydrogens is 412 g/mol. The van der Waals surface area contributed by atoms with Crippen molar-refractivity contribution in [3.05, 3.63) is 83.2 Å². The molecule has 1 aliphatic rings. The SMILES string of the molecule is CNS(=O)(=O)c1cc(NCc2ccccn2)cc(C(=O)Nc2ccc3c(c2)CCC3)c1. The number of carbonyl (C=O) groups excluding carboxylic acids is 1. The Kier molecular flexibility index (Phi) is 6.01. The number of aromatic nitrogens is 1. The average Bonchev–Trinajstić information content (AvgIpc) is 3.26. The first-order valence-electron chi connectivity index (χ1n) is 10.1. The molecule has 1 aromatic heterocycles. The lowest BCUT2D eigenvalue weighted by Crippen LogP contribution is -2.20. The van der Waals surface area contributed by atoms with Crippen LogP contribution in [-0.2, 0) is 29.4 Å². The molecule has 0 saturated carbocycles. The van der Waals surface area contributed by atoms with Gasteiger partial charge >= 0.3 is 0 Å². The van der Waals surface area contributed by atoms with Gasteiger partial charge in [-0.2, -0.15) is 0 Å². The molecule has 0 unspecified atom stereocenters.